The Hall–Kier alpha value is -2.12. The minimum absolute atomic E-state index is 0.0300. The molecule has 1 amide bonds. The smallest absolute Gasteiger partial charge is 0.265 e. The number of amides is 1. The summed E-state index contributed by atoms with van der Waals surface area (Å²) in [7, 11) is 0. The topological polar surface area (TPSA) is 77.7 Å². The first-order chi connectivity index (χ1) is 11.3. The van der Waals surface area contributed by atoms with E-state index in [1.807, 2.05) is 23.1 Å². The average molecular weight is 331 g/mol. The molecule has 0 bridgehead atoms. The van der Waals surface area contributed by atoms with Gasteiger partial charge in [-0.3, -0.25) is 4.79 Å². The number of fused-ring (bicyclic) bond motifs is 1. The van der Waals surface area contributed by atoms with Crippen molar-refractivity contribution < 1.29 is 14.3 Å². The quantitative estimate of drug-likeness (QED) is 0.932. The van der Waals surface area contributed by atoms with E-state index >= 15 is 0 Å². The molecule has 1 aromatic carbocycles. The number of rotatable bonds is 3. The van der Waals surface area contributed by atoms with Crippen LogP contribution in [-0.2, 0) is 0 Å². The third-order valence-electron chi connectivity index (χ3n) is 4.25. The lowest BCUT2D eigenvalue weighted by molar-refractivity contribution is 0.0746. The number of benzene rings is 1. The molecule has 1 atom stereocenters. The van der Waals surface area contributed by atoms with Gasteiger partial charge in [0.15, 0.2) is 11.5 Å². The molecule has 7 heteroatoms. The predicted molar refractivity (Wildman–Crippen MR) is 86.8 cm³/mol. The van der Waals surface area contributed by atoms with Crippen molar-refractivity contribution in [1.82, 2.24) is 9.88 Å². The zero-order valence-corrected chi connectivity index (χ0v) is 13.3. The second kappa shape index (κ2) is 5.82. The molecule has 4 rings (SSSR count). The first-order valence-electron chi connectivity index (χ1n) is 7.63. The van der Waals surface area contributed by atoms with Crippen molar-refractivity contribution in [2.75, 3.05) is 19.9 Å². The Kier molecular flexibility index (Phi) is 3.66. The van der Waals surface area contributed by atoms with Gasteiger partial charge in [-0.05, 0) is 31.0 Å². The first kappa shape index (κ1) is 14.5. The average Bonchev–Trinajstić information content (AvgIpc) is 3.32. The van der Waals surface area contributed by atoms with E-state index < -0.39 is 0 Å². The maximum atomic E-state index is 12.6. The number of likely N-dealkylation sites (tertiary alicyclic amines) is 1. The predicted octanol–water partition coefficient (Wildman–Crippen LogP) is 2.10. The van der Waals surface area contributed by atoms with Crippen LogP contribution >= 0.6 is 11.3 Å². The minimum Gasteiger partial charge on any atom is -0.454 e. The molecule has 2 aliphatic heterocycles. The van der Waals surface area contributed by atoms with Crippen molar-refractivity contribution in [3.8, 4) is 22.1 Å². The first-order valence-corrected chi connectivity index (χ1v) is 8.45. The Balaban J connectivity index is 1.58. The minimum atomic E-state index is 0.0300. The molecule has 2 N–H and O–H groups in total. The number of nitrogens with two attached hydrogens (primary N) is 1. The fourth-order valence-electron chi connectivity index (χ4n) is 3.03. The van der Waals surface area contributed by atoms with Gasteiger partial charge in [0.25, 0.3) is 5.91 Å². The number of thiazole rings is 1. The van der Waals surface area contributed by atoms with Crippen molar-refractivity contribution in [1.29, 1.82) is 0 Å². The Morgan fingerprint density at radius 1 is 1.39 bits per heavy atom. The Labute approximate surface area is 137 Å². The van der Waals surface area contributed by atoms with Crippen LogP contribution < -0.4 is 15.2 Å². The molecule has 120 valence electrons. The van der Waals surface area contributed by atoms with Crippen LogP contribution in [0, 0.1) is 0 Å². The lowest BCUT2D eigenvalue weighted by Gasteiger charge is -2.22. The molecule has 0 radical (unpaired) electrons. The molecular weight excluding hydrogens is 314 g/mol. The molecule has 0 aliphatic carbocycles. The summed E-state index contributed by atoms with van der Waals surface area (Å²) in [6, 6.07) is 5.84. The number of carbonyl (C=O) groups excluding carboxylic acids is 1. The molecule has 1 fully saturated rings. The largest absolute Gasteiger partial charge is 0.454 e. The highest BCUT2D eigenvalue weighted by Gasteiger charge is 2.29. The van der Waals surface area contributed by atoms with Crippen molar-refractivity contribution in [2.24, 2.45) is 5.73 Å². The van der Waals surface area contributed by atoms with E-state index in [9.17, 15) is 4.79 Å². The van der Waals surface area contributed by atoms with Crippen LogP contribution in [0.1, 0.15) is 22.5 Å². The van der Waals surface area contributed by atoms with Crippen molar-refractivity contribution in [3.05, 3.63) is 29.3 Å². The summed E-state index contributed by atoms with van der Waals surface area (Å²) in [4.78, 5) is 19.6. The van der Waals surface area contributed by atoms with Gasteiger partial charge in [-0.25, -0.2) is 4.98 Å². The summed E-state index contributed by atoms with van der Waals surface area (Å²) in [5.74, 6) is 1.49. The van der Waals surface area contributed by atoms with Crippen LogP contribution in [-0.4, -0.2) is 41.7 Å². The number of hydrogen-bond donors (Lipinski definition) is 1. The standard InChI is InChI=1S/C16H17N3O3S/c17-7-11-2-1-5-19(11)16(20)14-8-18-15(23-14)10-3-4-12-13(6-10)22-9-21-12/h3-4,6,8,11H,1-2,5,7,9,17H2. The molecular formula is C16H17N3O3S. The van der Waals surface area contributed by atoms with Crippen LogP contribution in [0.3, 0.4) is 0 Å². The summed E-state index contributed by atoms with van der Waals surface area (Å²) in [5.41, 5.74) is 6.68. The monoisotopic (exact) mass is 331 g/mol. The Morgan fingerprint density at radius 3 is 3.13 bits per heavy atom. The van der Waals surface area contributed by atoms with Crippen LogP contribution in [0.2, 0.25) is 0 Å². The van der Waals surface area contributed by atoms with Gasteiger partial charge in [0.05, 0.1) is 6.20 Å². The number of ether oxygens (including phenoxy) is 2. The highest BCUT2D eigenvalue weighted by Crippen LogP contribution is 2.37. The van der Waals surface area contributed by atoms with E-state index in [0.29, 0.717) is 17.2 Å². The molecule has 1 unspecified atom stereocenters. The van der Waals surface area contributed by atoms with Crippen LogP contribution in [0.4, 0.5) is 0 Å². The molecule has 1 saturated heterocycles. The van der Waals surface area contributed by atoms with Crippen molar-refractivity contribution >= 4 is 17.2 Å². The molecule has 1 aromatic heterocycles. The number of carbonyl (C=O) groups is 1. The zero-order valence-electron chi connectivity index (χ0n) is 12.5. The van der Waals surface area contributed by atoms with Gasteiger partial charge in [-0.2, -0.15) is 0 Å². The van der Waals surface area contributed by atoms with E-state index in [4.69, 9.17) is 15.2 Å². The molecule has 23 heavy (non-hydrogen) atoms. The second-order valence-electron chi connectivity index (χ2n) is 5.63. The molecule has 0 spiro atoms. The van der Waals surface area contributed by atoms with Gasteiger partial charge < -0.3 is 20.1 Å². The Bertz CT molecular complexity index is 746. The normalized spacial score (nSPS) is 19.3. The summed E-state index contributed by atoms with van der Waals surface area (Å²) >= 11 is 1.40. The van der Waals surface area contributed by atoms with Crippen LogP contribution in [0.5, 0.6) is 11.5 Å². The van der Waals surface area contributed by atoms with Gasteiger partial charge in [0, 0.05) is 24.7 Å². The SMILES string of the molecule is NCC1CCCN1C(=O)c1cnc(-c2ccc3c(c2)OCO3)s1. The molecule has 6 nitrogen and oxygen atoms in total. The molecule has 3 heterocycles. The number of aromatic nitrogens is 1. The third kappa shape index (κ3) is 2.55. The van der Waals surface area contributed by atoms with Crippen molar-refractivity contribution in [3.63, 3.8) is 0 Å². The van der Waals surface area contributed by atoms with E-state index in [1.54, 1.807) is 6.20 Å². The number of hydrogen-bond acceptors (Lipinski definition) is 6. The molecule has 0 saturated carbocycles. The van der Waals surface area contributed by atoms with Gasteiger partial charge in [-0.15, -0.1) is 11.3 Å². The van der Waals surface area contributed by atoms with Crippen LogP contribution in [0.15, 0.2) is 24.4 Å². The number of nitrogens with zero attached hydrogens (tertiary/aromatic N) is 2. The molecule has 2 aliphatic rings. The van der Waals surface area contributed by atoms with E-state index in [0.717, 1.165) is 35.7 Å². The fourth-order valence-corrected chi connectivity index (χ4v) is 3.89. The highest BCUT2D eigenvalue weighted by atomic mass is 32.1. The highest BCUT2D eigenvalue weighted by molar-refractivity contribution is 7.16. The molecule has 2 aromatic rings. The lowest BCUT2D eigenvalue weighted by atomic mass is 10.2. The maximum Gasteiger partial charge on any atom is 0.265 e. The summed E-state index contributed by atoms with van der Waals surface area (Å²) in [6.07, 6.45) is 3.65. The van der Waals surface area contributed by atoms with Crippen LogP contribution in [0.25, 0.3) is 10.6 Å². The van der Waals surface area contributed by atoms with Gasteiger partial charge >= 0.3 is 0 Å². The van der Waals surface area contributed by atoms with Crippen molar-refractivity contribution in [2.45, 2.75) is 18.9 Å². The van der Waals surface area contributed by atoms with Gasteiger partial charge in [0.2, 0.25) is 6.79 Å². The zero-order chi connectivity index (χ0) is 15.8. The van der Waals surface area contributed by atoms with Gasteiger partial charge in [0.1, 0.15) is 9.88 Å². The second-order valence-corrected chi connectivity index (χ2v) is 6.66. The van der Waals surface area contributed by atoms with Gasteiger partial charge in [-0.1, -0.05) is 0 Å². The summed E-state index contributed by atoms with van der Waals surface area (Å²) < 4.78 is 10.7. The fraction of sp³-hybridized carbons (Fsp3) is 0.375. The Morgan fingerprint density at radius 2 is 2.26 bits per heavy atom. The lowest BCUT2D eigenvalue weighted by Crippen LogP contribution is -2.39. The summed E-state index contributed by atoms with van der Waals surface area (Å²) in [5, 5.41) is 0.801. The maximum absolute atomic E-state index is 12.6. The van der Waals surface area contributed by atoms with E-state index in [1.165, 1.54) is 11.3 Å². The van der Waals surface area contributed by atoms with E-state index in [2.05, 4.69) is 4.98 Å². The third-order valence-corrected chi connectivity index (χ3v) is 5.28. The van der Waals surface area contributed by atoms with E-state index in [-0.39, 0.29) is 18.7 Å². The summed E-state index contributed by atoms with van der Waals surface area (Å²) in [6.45, 7) is 1.54.